The number of ether oxygens (including phenoxy) is 1. The Balaban J connectivity index is 1.99. The van der Waals surface area contributed by atoms with Gasteiger partial charge in [0.25, 0.3) is 0 Å². The van der Waals surface area contributed by atoms with Crippen LogP contribution in [0.15, 0.2) is 0 Å². The second-order valence-corrected chi connectivity index (χ2v) is 5.25. The zero-order valence-corrected chi connectivity index (χ0v) is 10.8. The second-order valence-electron chi connectivity index (χ2n) is 5.25. The maximum atomic E-state index is 11.7. The summed E-state index contributed by atoms with van der Waals surface area (Å²) in [5.74, 6) is -1.07. The molecule has 2 fully saturated rings. The van der Waals surface area contributed by atoms with Crippen molar-refractivity contribution < 1.29 is 19.4 Å². The first-order valence-electron chi connectivity index (χ1n) is 6.43. The number of nitrogens with zero attached hydrogens (tertiary/aromatic N) is 2. The number of carbonyl (C=O) groups excluding carboxylic acids is 1. The summed E-state index contributed by atoms with van der Waals surface area (Å²) in [5, 5.41) is 8.87. The lowest BCUT2D eigenvalue weighted by Gasteiger charge is -2.38. The molecule has 0 saturated carbocycles. The molecule has 2 aliphatic heterocycles. The third kappa shape index (κ3) is 2.58. The monoisotopic (exact) mass is 256 g/mol. The van der Waals surface area contributed by atoms with Crippen LogP contribution < -0.4 is 0 Å². The van der Waals surface area contributed by atoms with E-state index in [1.165, 1.54) is 0 Å². The third-order valence-electron chi connectivity index (χ3n) is 3.71. The predicted octanol–water partition coefficient (Wildman–Crippen LogP) is 0.765. The van der Waals surface area contributed by atoms with Gasteiger partial charge in [-0.1, -0.05) is 0 Å². The maximum absolute atomic E-state index is 11.7. The minimum Gasteiger partial charge on any atom is -0.478 e. The van der Waals surface area contributed by atoms with E-state index < -0.39 is 18.2 Å². The fraction of sp³-hybridized carbons (Fsp3) is 0.833. The van der Waals surface area contributed by atoms with Gasteiger partial charge in [-0.05, 0) is 33.2 Å². The van der Waals surface area contributed by atoms with Crippen molar-refractivity contribution in [2.45, 2.75) is 44.9 Å². The van der Waals surface area contributed by atoms with Crippen molar-refractivity contribution in [3.63, 3.8) is 0 Å². The van der Waals surface area contributed by atoms with Gasteiger partial charge in [0.15, 0.2) is 0 Å². The molecule has 1 amide bonds. The average molecular weight is 256 g/mol. The molecule has 0 spiro atoms. The van der Waals surface area contributed by atoms with Crippen molar-refractivity contribution in [2.24, 2.45) is 0 Å². The fourth-order valence-corrected chi connectivity index (χ4v) is 2.61. The number of carboxylic acids is 1. The molecule has 18 heavy (non-hydrogen) atoms. The van der Waals surface area contributed by atoms with Crippen molar-refractivity contribution in [3.8, 4) is 0 Å². The second kappa shape index (κ2) is 5.14. The third-order valence-corrected chi connectivity index (χ3v) is 3.71. The molecule has 102 valence electrons. The van der Waals surface area contributed by atoms with E-state index in [0.29, 0.717) is 6.04 Å². The number of cyclic esters (lactones) is 1. The summed E-state index contributed by atoms with van der Waals surface area (Å²) in [5.41, 5.74) is 0. The standard InChI is InChI=1S/C12H20N2O4/c1-8(2)13-5-3-4-9(6-13)14-7-10(11(15)16)18-12(14)17/h8-10H,3-7H2,1-2H3,(H,15,16)/t9?,10-/m1/s1. The Morgan fingerprint density at radius 3 is 2.72 bits per heavy atom. The Morgan fingerprint density at radius 2 is 2.17 bits per heavy atom. The van der Waals surface area contributed by atoms with Crippen LogP contribution in [0.3, 0.4) is 0 Å². The number of carbonyl (C=O) groups is 2. The predicted molar refractivity (Wildman–Crippen MR) is 64.3 cm³/mol. The summed E-state index contributed by atoms with van der Waals surface area (Å²) >= 11 is 0. The van der Waals surface area contributed by atoms with Gasteiger partial charge in [-0.3, -0.25) is 9.80 Å². The summed E-state index contributed by atoms with van der Waals surface area (Å²) in [6, 6.07) is 0.527. The lowest BCUT2D eigenvalue weighted by atomic mass is 10.0. The molecule has 2 atom stereocenters. The highest BCUT2D eigenvalue weighted by molar-refractivity contribution is 5.81. The lowest BCUT2D eigenvalue weighted by Crippen LogP contribution is -2.50. The number of hydrogen-bond acceptors (Lipinski definition) is 4. The highest BCUT2D eigenvalue weighted by atomic mass is 16.6. The molecule has 6 heteroatoms. The topological polar surface area (TPSA) is 70.1 Å². The van der Waals surface area contributed by atoms with Crippen LogP contribution in [-0.4, -0.2) is 64.8 Å². The van der Waals surface area contributed by atoms with Crippen LogP contribution in [0.4, 0.5) is 4.79 Å². The fourth-order valence-electron chi connectivity index (χ4n) is 2.61. The molecular formula is C12H20N2O4. The van der Waals surface area contributed by atoms with Crippen LogP contribution in [-0.2, 0) is 9.53 Å². The molecular weight excluding hydrogens is 236 g/mol. The number of amides is 1. The largest absolute Gasteiger partial charge is 0.478 e. The molecule has 1 unspecified atom stereocenters. The van der Waals surface area contributed by atoms with Crippen LogP contribution in [0.1, 0.15) is 26.7 Å². The number of likely N-dealkylation sites (tertiary alicyclic amines) is 1. The van der Waals surface area contributed by atoms with Gasteiger partial charge in [-0.2, -0.15) is 0 Å². The van der Waals surface area contributed by atoms with E-state index >= 15 is 0 Å². The van der Waals surface area contributed by atoms with Gasteiger partial charge in [0.05, 0.1) is 6.54 Å². The van der Waals surface area contributed by atoms with Crippen LogP contribution in [0.25, 0.3) is 0 Å². The summed E-state index contributed by atoms with van der Waals surface area (Å²) in [7, 11) is 0. The normalized spacial score (nSPS) is 29.7. The van der Waals surface area contributed by atoms with Crippen LogP contribution in [0.2, 0.25) is 0 Å². The SMILES string of the molecule is CC(C)N1CCCC(N2C[C@H](C(=O)O)OC2=O)C1. The molecule has 2 rings (SSSR count). The summed E-state index contributed by atoms with van der Waals surface area (Å²) < 4.78 is 4.85. The lowest BCUT2D eigenvalue weighted by molar-refractivity contribution is -0.144. The molecule has 1 N–H and O–H groups in total. The average Bonchev–Trinajstić information content (AvgIpc) is 2.72. The molecule has 2 heterocycles. The van der Waals surface area contributed by atoms with E-state index in [1.807, 2.05) is 0 Å². The van der Waals surface area contributed by atoms with Crippen molar-refractivity contribution in [2.75, 3.05) is 19.6 Å². The Kier molecular flexibility index (Phi) is 3.75. The van der Waals surface area contributed by atoms with E-state index in [-0.39, 0.29) is 12.6 Å². The van der Waals surface area contributed by atoms with Gasteiger partial charge in [0.1, 0.15) is 0 Å². The van der Waals surface area contributed by atoms with Gasteiger partial charge >= 0.3 is 12.1 Å². The molecule has 0 radical (unpaired) electrons. The van der Waals surface area contributed by atoms with Crippen molar-refractivity contribution in [1.29, 1.82) is 0 Å². The summed E-state index contributed by atoms with van der Waals surface area (Å²) in [4.78, 5) is 26.4. The van der Waals surface area contributed by atoms with E-state index in [0.717, 1.165) is 25.9 Å². The summed E-state index contributed by atoms with van der Waals surface area (Å²) in [6.07, 6.45) is 0.458. The molecule has 2 aliphatic rings. The Morgan fingerprint density at radius 1 is 1.44 bits per heavy atom. The highest BCUT2D eigenvalue weighted by Gasteiger charge is 2.41. The molecule has 0 aromatic rings. The quantitative estimate of drug-likeness (QED) is 0.807. The van der Waals surface area contributed by atoms with Gasteiger partial charge in [-0.15, -0.1) is 0 Å². The molecule has 6 nitrogen and oxygen atoms in total. The first kappa shape index (κ1) is 13.1. The van der Waals surface area contributed by atoms with Gasteiger partial charge in [0, 0.05) is 18.6 Å². The van der Waals surface area contributed by atoms with E-state index in [9.17, 15) is 9.59 Å². The van der Waals surface area contributed by atoms with Crippen LogP contribution >= 0.6 is 0 Å². The molecule has 2 saturated heterocycles. The zero-order chi connectivity index (χ0) is 13.3. The number of hydrogen-bond donors (Lipinski definition) is 1. The zero-order valence-electron chi connectivity index (χ0n) is 10.8. The van der Waals surface area contributed by atoms with Crippen molar-refractivity contribution in [3.05, 3.63) is 0 Å². The maximum Gasteiger partial charge on any atom is 0.411 e. The molecule has 0 aromatic heterocycles. The van der Waals surface area contributed by atoms with Gasteiger partial charge < -0.3 is 9.84 Å². The van der Waals surface area contributed by atoms with Crippen molar-refractivity contribution in [1.82, 2.24) is 9.80 Å². The molecule has 0 aliphatic carbocycles. The molecule has 0 bridgehead atoms. The van der Waals surface area contributed by atoms with Crippen molar-refractivity contribution >= 4 is 12.1 Å². The van der Waals surface area contributed by atoms with E-state index in [2.05, 4.69) is 18.7 Å². The number of aliphatic carboxylic acids is 1. The minimum absolute atomic E-state index is 0.0815. The molecule has 0 aromatic carbocycles. The first-order valence-corrected chi connectivity index (χ1v) is 6.43. The highest BCUT2D eigenvalue weighted by Crippen LogP contribution is 2.22. The Hall–Kier alpha value is -1.30. The minimum atomic E-state index is -1.07. The van der Waals surface area contributed by atoms with Crippen LogP contribution in [0.5, 0.6) is 0 Å². The Bertz CT molecular complexity index is 345. The van der Waals surface area contributed by atoms with Gasteiger partial charge in [-0.25, -0.2) is 9.59 Å². The van der Waals surface area contributed by atoms with Crippen LogP contribution in [0, 0.1) is 0 Å². The number of rotatable bonds is 3. The summed E-state index contributed by atoms with van der Waals surface area (Å²) in [6.45, 7) is 6.28. The number of carboxylic acid groups (broad SMARTS) is 1. The Labute approximate surface area is 106 Å². The van der Waals surface area contributed by atoms with E-state index in [4.69, 9.17) is 9.84 Å². The number of piperidine rings is 1. The van der Waals surface area contributed by atoms with E-state index in [1.54, 1.807) is 4.90 Å². The van der Waals surface area contributed by atoms with Gasteiger partial charge in [0.2, 0.25) is 6.10 Å². The smallest absolute Gasteiger partial charge is 0.411 e. The first-order chi connectivity index (χ1) is 8.49.